The minimum absolute atomic E-state index is 0.000548. The summed E-state index contributed by atoms with van der Waals surface area (Å²) in [4.78, 5) is 4.90. The molecular weight excluding hydrogens is 200 g/mol. The number of piperazine rings is 1. The number of β-amino-alcohol motifs (C(OH)–C–C–N with tert-alkyl or cyclic N) is 1. The third kappa shape index (κ3) is 4.40. The maximum Gasteiger partial charge on any atom is 0.0715 e. The van der Waals surface area contributed by atoms with Gasteiger partial charge in [-0.2, -0.15) is 0 Å². The predicted octanol–water partition coefficient (Wildman–Crippen LogP) is 1.42. The lowest BCUT2D eigenvalue weighted by atomic mass is 9.89. The van der Waals surface area contributed by atoms with E-state index in [2.05, 4.69) is 37.5 Å². The van der Waals surface area contributed by atoms with Gasteiger partial charge >= 0.3 is 0 Å². The minimum atomic E-state index is -0.217. The van der Waals surface area contributed by atoms with Crippen LogP contribution in [0.25, 0.3) is 0 Å². The third-order valence-corrected chi connectivity index (χ3v) is 3.44. The van der Waals surface area contributed by atoms with Crippen LogP contribution in [0.2, 0.25) is 0 Å². The molecule has 0 radical (unpaired) electrons. The Hall–Kier alpha value is -0.120. The van der Waals surface area contributed by atoms with E-state index in [0.29, 0.717) is 0 Å². The molecule has 3 heteroatoms. The first-order valence-corrected chi connectivity index (χ1v) is 6.56. The van der Waals surface area contributed by atoms with Crippen molar-refractivity contribution in [1.82, 2.24) is 9.80 Å². The van der Waals surface area contributed by atoms with Gasteiger partial charge < -0.3 is 10.0 Å². The molecule has 1 fully saturated rings. The molecule has 0 aliphatic carbocycles. The molecule has 1 saturated heterocycles. The van der Waals surface area contributed by atoms with Gasteiger partial charge in [0.05, 0.1) is 6.10 Å². The first-order chi connectivity index (χ1) is 7.43. The molecule has 0 saturated carbocycles. The average molecular weight is 228 g/mol. The second-order valence-corrected chi connectivity index (χ2v) is 6.02. The molecular formula is C13H28N2O. The largest absolute Gasteiger partial charge is 0.391 e. The summed E-state index contributed by atoms with van der Waals surface area (Å²) in [5, 5.41) is 10.1. The average Bonchev–Trinajstić information content (AvgIpc) is 2.20. The monoisotopic (exact) mass is 228 g/mol. The Morgan fingerprint density at radius 3 is 2.00 bits per heavy atom. The highest BCUT2D eigenvalue weighted by atomic mass is 16.3. The van der Waals surface area contributed by atoms with E-state index < -0.39 is 0 Å². The summed E-state index contributed by atoms with van der Waals surface area (Å²) in [6, 6.07) is 0. The van der Waals surface area contributed by atoms with Crippen LogP contribution in [0.3, 0.4) is 0 Å². The van der Waals surface area contributed by atoms with Crippen molar-refractivity contribution in [3.05, 3.63) is 0 Å². The van der Waals surface area contributed by atoms with Crippen molar-refractivity contribution in [3.8, 4) is 0 Å². The van der Waals surface area contributed by atoms with E-state index in [4.69, 9.17) is 0 Å². The zero-order valence-corrected chi connectivity index (χ0v) is 11.4. The van der Waals surface area contributed by atoms with Crippen molar-refractivity contribution in [2.45, 2.75) is 40.2 Å². The summed E-state index contributed by atoms with van der Waals surface area (Å²) < 4.78 is 0. The van der Waals surface area contributed by atoms with Gasteiger partial charge in [-0.1, -0.05) is 27.7 Å². The van der Waals surface area contributed by atoms with E-state index in [9.17, 15) is 5.11 Å². The highest BCUT2D eigenvalue weighted by Gasteiger charge is 2.26. The van der Waals surface area contributed by atoms with E-state index in [1.807, 2.05) is 0 Å². The van der Waals surface area contributed by atoms with Crippen LogP contribution in [0, 0.1) is 5.41 Å². The molecule has 0 bridgehead atoms. The Morgan fingerprint density at radius 2 is 1.56 bits per heavy atom. The molecule has 1 atom stereocenters. The van der Waals surface area contributed by atoms with Crippen LogP contribution in [0.1, 0.15) is 34.1 Å². The smallest absolute Gasteiger partial charge is 0.0715 e. The van der Waals surface area contributed by atoms with Crippen molar-refractivity contribution >= 4 is 0 Å². The van der Waals surface area contributed by atoms with Crippen LogP contribution in [-0.4, -0.2) is 60.3 Å². The molecule has 0 aromatic rings. The quantitative estimate of drug-likeness (QED) is 0.788. The zero-order chi connectivity index (χ0) is 12.2. The van der Waals surface area contributed by atoms with Crippen molar-refractivity contribution < 1.29 is 5.11 Å². The zero-order valence-electron chi connectivity index (χ0n) is 11.4. The minimum Gasteiger partial charge on any atom is -0.391 e. The molecule has 0 aromatic heterocycles. The number of hydrogen-bond donors (Lipinski definition) is 1. The van der Waals surface area contributed by atoms with Crippen molar-refractivity contribution in [3.63, 3.8) is 0 Å². The summed E-state index contributed by atoms with van der Waals surface area (Å²) in [6.45, 7) is 15.1. The predicted molar refractivity (Wildman–Crippen MR) is 68.6 cm³/mol. The summed E-state index contributed by atoms with van der Waals surface area (Å²) in [6.07, 6.45) is 1.02. The molecule has 96 valence electrons. The molecule has 1 N–H and O–H groups in total. The number of aliphatic hydroxyl groups is 1. The maximum atomic E-state index is 10.1. The molecule has 16 heavy (non-hydrogen) atoms. The normalized spacial score (nSPS) is 22.3. The summed E-state index contributed by atoms with van der Waals surface area (Å²) >= 11 is 0. The van der Waals surface area contributed by atoms with Crippen LogP contribution in [0.5, 0.6) is 0 Å². The van der Waals surface area contributed by atoms with E-state index in [1.165, 1.54) is 13.0 Å². The van der Waals surface area contributed by atoms with Gasteiger partial charge in [0.25, 0.3) is 0 Å². The standard InChI is InChI=1S/C13H28N2O/c1-5-6-14-7-9-15(10-8-14)11-12(16)13(2,3)4/h12,16H,5-11H2,1-4H3/t12-/m1/s1. The SMILES string of the molecule is CCCN1CCN(C[C@@H](O)C(C)(C)C)CC1. The van der Waals surface area contributed by atoms with Gasteiger partial charge in [0, 0.05) is 32.7 Å². The third-order valence-electron chi connectivity index (χ3n) is 3.44. The van der Waals surface area contributed by atoms with Gasteiger partial charge in [-0.05, 0) is 18.4 Å². The molecule has 0 amide bonds. The molecule has 0 spiro atoms. The molecule has 1 aliphatic heterocycles. The lowest BCUT2D eigenvalue weighted by Gasteiger charge is -2.37. The fourth-order valence-corrected chi connectivity index (χ4v) is 2.03. The number of aliphatic hydroxyl groups excluding tert-OH is 1. The molecule has 1 heterocycles. The Balaban J connectivity index is 2.27. The van der Waals surface area contributed by atoms with Gasteiger partial charge in [-0.25, -0.2) is 0 Å². The topological polar surface area (TPSA) is 26.7 Å². The molecule has 0 aromatic carbocycles. The summed E-state index contributed by atoms with van der Waals surface area (Å²) in [5.41, 5.74) is 0.000548. The van der Waals surface area contributed by atoms with Crippen LogP contribution in [0.15, 0.2) is 0 Å². The van der Waals surface area contributed by atoms with Gasteiger partial charge in [0.1, 0.15) is 0 Å². The van der Waals surface area contributed by atoms with E-state index >= 15 is 0 Å². The Morgan fingerprint density at radius 1 is 1.06 bits per heavy atom. The van der Waals surface area contributed by atoms with Gasteiger partial charge in [-0.3, -0.25) is 4.90 Å². The Labute approximate surface area is 100 Å². The van der Waals surface area contributed by atoms with Gasteiger partial charge in [-0.15, -0.1) is 0 Å². The number of hydrogen-bond acceptors (Lipinski definition) is 3. The number of rotatable bonds is 4. The van der Waals surface area contributed by atoms with E-state index in [0.717, 1.165) is 32.7 Å². The fourth-order valence-electron chi connectivity index (χ4n) is 2.03. The van der Waals surface area contributed by atoms with Crippen molar-refractivity contribution in [1.29, 1.82) is 0 Å². The summed E-state index contributed by atoms with van der Waals surface area (Å²) in [7, 11) is 0. The highest BCUT2D eigenvalue weighted by molar-refractivity contribution is 4.79. The van der Waals surface area contributed by atoms with Gasteiger partial charge in [0.2, 0.25) is 0 Å². The first-order valence-electron chi connectivity index (χ1n) is 6.56. The van der Waals surface area contributed by atoms with Gasteiger partial charge in [0.15, 0.2) is 0 Å². The van der Waals surface area contributed by atoms with Crippen LogP contribution in [0.4, 0.5) is 0 Å². The first kappa shape index (κ1) is 13.9. The lowest BCUT2D eigenvalue weighted by Crippen LogP contribution is -2.50. The number of nitrogens with zero attached hydrogens (tertiary/aromatic N) is 2. The molecule has 1 aliphatic rings. The van der Waals surface area contributed by atoms with E-state index in [1.54, 1.807) is 0 Å². The Bertz CT molecular complexity index is 193. The second-order valence-electron chi connectivity index (χ2n) is 6.02. The molecule has 3 nitrogen and oxygen atoms in total. The van der Waals surface area contributed by atoms with Crippen LogP contribution < -0.4 is 0 Å². The lowest BCUT2D eigenvalue weighted by molar-refractivity contribution is 0.0135. The molecule has 1 rings (SSSR count). The van der Waals surface area contributed by atoms with Crippen molar-refractivity contribution in [2.24, 2.45) is 5.41 Å². The molecule has 0 unspecified atom stereocenters. The van der Waals surface area contributed by atoms with Crippen molar-refractivity contribution in [2.75, 3.05) is 39.3 Å². The second kappa shape index (κ2) is 5.99. The van der Waals surface area contributed by atoms with E-state index in [-0.39, 0.29) is 11.5 Å². The van der Waals surface area contributed by atoms with Crippen LogP contribution in [-0.2, 0) is 0 Å². The maximum absolute atomic E-state index is 10.1. The van der Waals surface area contributed by atoms with Crippen LogP contribution >= 0.6 is 0 Å². The summed E-state index contributed by atoms with van der Waals surface area (Å²) in [5.74, 6) is 0. The highest BCUT2D eigenvalue weighted by Crippen LogP contribution is 2.20. The Kier molecular flexibility index (Phi) is 5.22. The fraction of sp³-hybridized carbons (Fsp3) is 1.00.